The zero-order chi connectivity index (χ0) is 31.7. The van der Waals surface area contributed by atoms with Crippen molar-refractivity contribution in [2.75, 3.05) is 32.8 Å². The Morgan fingerprint density at radius 1 is 1.02 bits per heavy atom. The van der Waals surface area contributed by atoms with Crippen LogP contribution in [-0.4, -0.2) is 109 Å². The van der Waals surface area contributed by atoms with Crippen LogP contribution in [0.2, 0.25) is 0 Å². The highest BCUT2D eigenvalue weighted by Crippen LogP contribution is 2.19. The molecule has 1 saturated heterocycles. The van der Waals surface area contributed by atoms with Crippen molar-refractivity contribution in [3.8, 4) is 5.75 Å². The van der Waals surface area contributed by atoms with E-state index >= 15 is 0 Å². The molecule has 5 atom stereocenters. The fraction of sp³-hybridized carbons (Fsp3) is 0.571. The third kappa shape index (κ3) is 9.30. The molecule has 15 heteroatoms. The Morgan fingerprint density at radius 2 is 1.72 bits per heavy atom. The molecule has 1 fully saturated rings. The molecule has 2 aliphatic rings. The summed E-state index contributed by atoms with van der Waals surface area (Å²) in [6.45, 7) is 7.70. The second-order valence-electron chi connectivity index (χ2n) is 11.0. The van der Waals surface area contributed by atoms with Gasteiger partial charge in [0, 0.05) is 26.2 Å². The lowest BCUT2D eigenvalue weighted by Crippen LogP contribution is -2.59. The van der Waals surface area contributed by atoms with Crippen LogP contribution in [0, 0.1) is 5.92 Å². The first-order valence-corrected chi connectivity index (χ1v) is 14.3. The largest absolute Gasteiger partial charge is 0.491 e. The summed E-state index contributed by atoms with van der Waals surface area (Å²) in [6.07, 6.45) is -1.93. The smallest absolute Gasteiger partial charge is 0.317 e. The van der Waals surface area contributed by atoms with E-state index < -0.39 is 66.2 Å². The standard InChI is InChI=1S/C28H41N7O8/c1-15(2)22-26(40)31-16(3)14-43-20-8-6-5-7-18(20)24(38)32-19(13-21(37)33-23(17(4)36)27(41)34-22)25(39)29-9-11-35-12-10-30-28(35)42/h5-8,15-17,19,22-23,36H,9-14H2,1-4H3,(H,29,39)(H,30,42)(H,31,40)(H,32,38)(H,33,37)(H,34,41)/t16-,17+,19-,22+,23-/m0/s1. The van der Waals surface area contributed by atoms with E-state index in [2.05, 4.69) is 31.9 Å². The number of ether oxygens (including phenoxy) is 1. The van der Waals surface area contributed by atoms with Crippen molar-refractivity contribution in [3.05, 3.63) is 29.8 Å². The highest BCUT2D eigenvalue weighted by molar-refractivity contribution is 6.01. The molecule has 7 N–H and O–H groups in total. The number of hydrogen-bond donors (Lipinski definition) is 7. The maximum absolute atomic E-state index is 13.3. The summed E-state index contributed by atoms with van der Waals surface area (Å²) in [5, 5.41) is 26.0. The van der Waals surface area contributed by atoms with Crippen LogP contribution in [0.1, 0.15) is 44.5 Å². The van der Waals surface area contributed by atoms with Crippen molar-refractivity contribution in [2.45, 2.75) is 64.4 Å². The number of amides is 7. The number of nitrogens with one attached hydrogen (secondary N) is 6. The molecule has 43 heavy (non-hydrogen) atoms. The van der Waals surface area contributed by atoms with Crippen molar-refractivity contribution < 1.29 is 38.6 Å². The van der Waals surface area contributed by atoms with Crippen molar-refractivity contribution in [3.63, 3.8) is 0 Å². The second-order valence-corrected chi connectivity index (χ2v) is 11.0. The molecule has 1 aromatic rings. The summed E-state index contributed by atoms with van der Waals surface area (Å²) in [7, 11) is 0. The molecule has 0 aromatic heterocycles. The Bertz CT molecular complexity index is 1210. The van der Waals surface area contributed by atoms with E-state index in [1.807, 2.05) is 0 Å². The number of carbonyl (C=O) groups excluding carboxylic acids is 6. The number of rotatable bonds is 6. The molecule has 3 rings (SSSR count). The zero-order valence-corrected chi connectivity index (χ0v) is 24.8. The maximum atomic E-state index is 13.3. The molecular formula is C28H41N7O8. The van der Waals surface area contributed by atoms with Gasteiger partial charge in [-0.25, -0.2) is 4.79 Å². The number of carbonyl (C=O) groups is 6. The Labute approximate surface area is 249 Å². The minimum Gasteiger partial charge on any atom is -0.491 e. The van der Waals surface area contributed by atoms with Gasteiger partial charge in [0.05, 0.1) is 24.1 Å². The lowest BCUT2D eigenvalue weighted by Gasteiger charge is -2.27. The maximum Gasteiger partial charge on any atom is 0.317 e. The summed E-state index contributed by atoms with van der Waals surface area (Å²) in [6, 6.07) is 1.71. The summed E-state index contributed by atoms with van der Waals surface area (Å²) < 4.78 is 5.84. The molecule has 1 aromatic carbocycles. The average molecular weight is 604 g/mol. The molecule has 0 spiro atoms. The van der Waals surface area contributed by atoms with Crippen LogP contribution < -0.4 is 36.6 Å². The first-order chi connectivity index (χ1) is 20.4. The number of para-hydroxylation sites is 1. The number of nitrogens with zero attached hydrogens (tertiary/aromatic N) is 1. The zero-order valence-electron chi connectivity index (χ0n) is 24.8. The van der Waals surface area contributed by atoms with Crippen molar-refractivity contribution in [1.82, 2.24) is 36.8 Å². The first kappa shape index (κ1) is 33.1. The summed E-state index contributed by atoms with van der Waals surface area (Å²) in [5.74, 6) is -3.65. The molecular weight excluding hydrogens is 562 g/mol. The van der Waals surface area contributed by atoms with Gasteiger partial charge in [-0.2, -0.15) is 0 Å². The molecule has 7 amide bonds. The molecule has 2 heterocycles. The van der Waals surface area contributed by atoms with Gasteiger partial charge in [-0.1, -0.05) is 26.0 Å². The van der Waals surface area contributed by atoms with Gasteiger partial charge in [0.1, 0.15) is 30.5 Å². The van der Waals surface area contributed by atoms with Crippen LogP contribution in [0.25, 0.3) is 0 Å². The molecule has 0 radical (unpaired) electrons. The van der Waals surface area contributed by atoms with Gasteiger partial charge in [0.2, 0.25) is 23.6 Å². The quantitative estimate of drug-likeness (QED) is 0.197. The normalized spacial score (nSPS) is 24.8. The van der Waals surface area contributed by atoms with E-state index in [9.17, 15) is 33.9 Å². The Balaban J connectivity index is 1.88. The SMILES string of the molecule is CC(C)[C@H]1NC(=O)[C@H]([C@@H](C)O)NC(=O)C[C@@H](C(=O)NCCN2CCNC2=O)NC(=O)c2ccccc2OC[C@H](C)NC1=O. The molecule has 236 valence electrons. The Hall–Kier alpha value is -4.40. The summed E-state index contributed by atoms with van der Waals surface area (Å²) >= 11 is 0. The van der Waals surface area contributed by atoms with Crippen LogP contribution in [-0.2, 0) is 19.2 Å². The van der Waals surface area contributed by atoms with Crippen LogP contribution in [0.4, 0.5) is 4.79 Å². The number of benzene rings is 1. The third-order valence-corrected chi connectivity index (χ3v) is 6.97. The van der Waals surface area contributed by atoms with Crippen molar-refractivity contribution in [2.24, 2.45) is 5.92 Å². The van der Waals surface area contributed by atoms with E-state index in [-0.39, 0.29) is 43.0 Å². The number of aliphatic hydroxyl groups is 1. The van der Waals surface area contributed by atoms with Gasteiger partial charge in [-0.15, -0.1) is 0 Å². The van der Waals surface area contributed by atoms with Crippen LogP contribution >= 0.6 is 0 Å². The molecule has 0 saturated carbocycles. The van der Waals surface area contributed by atoms with E-state index in [1.165, 1.54) is 17.9 Å². The monoisotopic (exact) mass is 603 g/mol. The number of aliphatic hydroxyl groups excluding tert-OH is 1. The minimum absolute atomic E-state index is 0.0148. The average Bonchev–Trinajstić information content (AvgIpc) is 3.36. The van der Waals surface area contributed by atoms with Gasteiger partial charge in [-0.05, 0) is 31.9 Å². The Kier molecular flexibility index (Phi) is 11.7. The lowest BCUT2D eigenvalue weighted by atomic mass is 10.0. The van der Waals surface area contributed by atoms with Crippen molar-refractivity contribution >= 4 is 35.6 Å². The number of hydrogen-bond acceptors (Lipinski definition) is 8. The predicted molar refractivity (Wildman–Crippen MR) is 154 cm³/mol. The van der Waals surface area contributed by atoms with Crippen LogP contribution in [0.15, 0.2) is 24.3 Å². The Morgan fingerprint density at radius 3 is 2.37 bits per heavy atom. The number of fused-ring (bicyclic) bond motifs is 1. The topological polar surface area (TPSA) is 207 Å². The highest BCUT2D eigenvalue weighted by Gasteiger charge is 2.34. The van der Waals surface area contributed by atoms with Crippen LogP contribution in [0.5, 0.6) is 5.75 Å². The van der Waals surface area contributed by atoms with E-state index in [4.69, 9.17) is 4.74 Å². The summed E-state index contributed by atoms with van der Waals surface area (Å²) in [5.41, 5.74) is 0.0936. The molecule has 0 aliphatic carbocycles. The minimum atomic E-state index is -1.45. The molecule has 2 aliphatic heterocycles. The van der Waals surface area contributed by atoms with Gasteiger partial charge in [0.15, 0.2) is 0 Å². The van der Waals surface area contributed by atoms with E-state index in [1.54, 1.807) is 39.0 Å². The molecule has 15 nitrogen and oxygen atoms in total. The lowest BCUT2D eigenvalue weighted by molar-refractivity contribution is -0.135. The van der Waals surface area contributed by atoms with Crippen molar-refractivity contribution in [1.29, 1.82) is 0 Å². The van der Waals surface area contributed by atoms with Gasteiger partial charge < -0.3 is 46.6 Å². The van der Waals surface area contributed by atoms with E-state index in [0.29, 0.717) is 13.1 Å². The summed E-state index contributed by atoms with van der Waals surface area (Å²) in [4.78, 5) is 79.1. The first-order valence-electron chi connectivity index (χ1n) is 14.3. The highest BCUT2D eigenvalue weighted by atomic mass is 16.5. The van der Waals surface area contributed by atoms with Crippen LogP contribution in [0.3, 0.4) is 0 Å². The fourth-order valence-electron chi connectivity index (χ4n) is 4.58. The number of urea groups is 1. The predicted octanol–water partition coefficient (Wildman–Crippen LogP) is -1.78. The second kappa shape index (κ2) is 15.2. The van der Waals surface area contributed by atoms with E-state index in [0.717, 1.165) is 0 Å². The van der Waals surface area contributed by atoms with Gasteiger partial charge in [0.25, 0.3) is 5.91 Å². The fourth-order valence-corrected chi connectivity index (χ4v) is 4.58. The molecule has 0 bridgehead atoms. The molecule has 0 unspecified atom stereocenters. The van der Waals surface area contributed by atoms with Gasteiger partial charge in [-0.3, -0.25) is 24.0 Å². The van der Waals surface area contributed by atoms with Gasteiger partial charge >= 0.3 is 6.03 Å². The third-order valence-electron chi connectivity index (χ3n) is 6.97.